The number of hydrogen-bond acceptors (Lipinski definition) is 5. The number of para-hydroxylation sites is 1. The Morgan fingerprint density at radius 3 is 2.79 bits per heavy atom. The molecular weight excluding hydrogens is 388 g/mol. The van der Waals surface area contributed by atoms with E-state index in [9.17, 15) is 4.79 Å². The van der Waals surface area contributed by atoms with Crippen molar-refractivity contribution >= 4 is 29.0 Å². The van der Waals surface area contributed by atoms with Crippen LogP contribution in [-0.2, 0) is 9.53 Å². The molecule has 0 saturated carbocycles. The third-order valence-electron chi connectivity index (χ3n) is 5.32. The molecule has 0 radical (unpaired) electrons. The number of carbonyl (C=O) groups is 1. The third-order valence-corrected chi connectivity index (χ3v) is 5.62. The van der Waals surface area contributed by atoms with Crippen molar-refractivity contribution in [2.75, 3.05) is 18.6 Å². The molecule has 2 aliphatic rings. The number of anilines is 1. The van der Waals surface area contributed by atoms with Gasteiger partial charge in [0.05, 0.1) is 13.2 Å². The Balaban J connectivity index is 1.87. The number of hydrogen-bond donors (Lipinski definition) is 1. The quantitative estimate of drug-likeness (QED) is 0.459. The molecule has 1 N–H and O–H groups in total. The van der Waals surface area contributed by atoms with Crippen molar-refractivity contribution in [1.29, 1.82) is 0 Å². The normalized spacial score (nSPS) is 24.6. The molecular formula is C22H22N2O4S. The van der Waals surface area contributed by atoms with Gasteiger partial charge in [0.2, 0.25) is 5.72 Å². The monoisotopic (exact) mass is 410 g/mol. The van der Waals surface area contributed by atoms with Gasteiger partial charge in [0.15, 0.2) is 5.11 Å². The highest BCUT2D eigenvalue weighted by Crippen LogP contribution is 2.50. The minimum atomic E-state index is -1.08. The molecule has 150 valence electrons. The van der Waals surface area contributed by atoms with Crippen LogP contribution in [0.25, 0.3) is 0 Å². The number of fused-ring (bicyclic) bond motifs is 4. The molecule has 2 aromatic rings. The molecule has 0 aromatic heterocycles. The average molecular weight is 410 g/mol. The number of rotatable bonds is 5. The molecule has 0 spiro atoms. The van der Waals surface area contributed by atoms with E-state index in [0.717, 1.165) is 11.3 Å². The number of carbonyl (C=O) groups excluding carboxylic acids is 1. The van der Waals surface area contributed by atoms with Gasteiger partial charge in [0.1, 0.15) is 24.0 Å². The third kappa shape index (κ3) is 3.11. The molecule has 2 aliphatic heterocycles. The van der Waals surface area contributed by atoms with Crippen molar-refractivity contribution in [3.63, 3.8) is 0 Å². The second-order valence-electron chi connectivity index (χ2n) is 7.05. The van der Waals surface area contributed by atoms with E-state index < -0.39 is 17.7 Å². The van der Waals surface area contributed by atoms with E-state index in [1.165, 1.54) is 0 Å². The first-order valence-electron chi connectivity index (χ1n) is 9.30. The van der Waals surface area contributed by atoms with Crippen LogP contribution in [0.3, 0.4) is 0 Å². The number of nitrogens with one attached hydrogen (secondary N) is 1. The number of thiocarbonyl (C=S) groups is 1. The highest BCUT2D eigenvalue weighted by Gasteiger charge is 2.59. The lowest BCUT2D eigenvalue weighted by molar-refractivity contribution is -0.159. The summed E-state index contributed by atoms with van der Waals surface area (Å²) in [5.41, 5.74) is 0.552. The van der Waals surface area contributed by atoms with Crippen LogP contribution in [-0.4, -0.2) is 30.5 Å². The van der Waals surface area contributed by atoms with Gasteiger partial charge in [-0.3, -0.25) is 9.69 Å². The van der Waals surface area contributed by atoms with Gasteiger partial charge in [-0.15, -0.1) is 0 Å². The van der Waals surface area contributed by atoms with Gasteiger partial charge in [-0.1, -0.05) is 30.9 Å². The topological polar surface area (TPSA) is 60.0 Å². The molecule has 2 aromatic carbocycles. The maximum absolute atomic E-state index is 13.1. The van der Waals surface area contributed by atoms with Crippen molar-refractivity contribution in [1.82, 2.24) is 5.32 Å². The molecule has 0 aliphatic carbocycles. The number of methoxy groups -OCH3 is 1. The van der Waals surface area contributed by atoms with Crippen molar-refractivity contribution in [2.45, 2.75) is 18.7 Å². The van der Waals surface area contributed by atoms with E-state index in [2.05, 4.69) is 11.9 Å². The van der Waals surface area contributed by atoms with Gasteiger partial charge in [-0.05, 0) is 49.5 Å². The molecule has 1 saturated heterocycles. The van der Waals surface area contributed by atoms with Crippen LogP contribution in [0.5, 0.6) is 11.5 Å². The second-order valence-corrected chi connectivity index (χ2v) is 7.44. The predicted molar refractivity (Wildman–Crippen MR) is 114 cm³/mol. The van der Waals surface area contributed by atoms with Gasteiger partial charge in [-0.2, -0.15) is 0 Å². The summed E-state index contributed by atoms with van der Waals surface area (Å²) in [7, 11) is 1.60. The zero-order valence-electron chi connectivity index (χ0n) is 16.3. The average Bonchev–Trinajstić information content (AvgIpc) is 2.72. The minimum Gasteiger partial charge on any atom is -0.497 e. The smallest absolute Gasteiger partial charge is 0.317 e. The lowest BCUT2D eigenvalue weighted by atomic mass is 9.79. The molecule has 2 heterocycles. The molecule has 2 bridgehead atoms. The van der Waals surface area contributed by atoms with E-state index in [0.29, 0.717) is 16.6 Å². The molecule has 0 amide bonds. The summed E-state index contributed by atoms with van der Waals surface area (Å²) in [5.74, 6) is 0.283. The Labute approximate surface area is 175 Å². The van der Waals surface area contributed by atoms with Gasteiger partial charge in [0, 0.05) is 11.3 Å². The Morgan fingerprint density at radius 2 is 2.10 bits per heavy atom. The summed E-state index contributed by atoms with van der Waals surface area (Å²) in [6.45, 7) is 5.62. The predicted octanol–water partition coefficient (Wildman–Crippen LogP) is 3.59. The largest absolute Gasteiger partial charge is 0.497 e. The summed E-state index contributed by atoms with van der Waals surface area (Å²) in [6.07, 6.45) is 1.55. The maximum atomic E-state index is 13.1. The van der Waals surface area contributed by atoms with E-state index in [-0.39, 0.29) is 12.6 Å². The number of benzene rings is 2. The van der Waals surface area contributed by atoms with E-state index in [1.807, 2.05) is 60.4 Å². The molecule has 1 fully saturated rings. The van der Waals surface area contributed by atoms with Crippen LogP contribution >= 0.6 is 12.2 Å². The van der Waals surface area contributed by atoms with Gasteiger partial charge in [-0.25, -0.2) is 0 Å². The summed E-state index contributed by atoms with van der Waals surface area (Å²) in [5, 5.41) is 3.81. The molecule has 0 unspecified atom stereocenters. The Kier molecular flexibility index (Phi) is 4.92. The second kappa shape index (κ2) is 7.40. The molecule has 6 nitrogen and oxygen atoms in total. The molecule has 3 atom stereocenters. The van der Waals surface area contributed by atoms with Crippen molar-refractivity contribution in [3.05, 3.63) is 66.7 Å². The standard InChI is InChI=1S/C22H22N2O4S/c1-4-12-27-20(25)18-19-16-13-15(26-3)10-11-17(16)28-22(18,2)24(21(29)23-19)14-8-6-5-7-9-14/h4-11,13,18-19H,1,12H2,2-3H3,(H,23,29)/t18-,19+,22+/m0/s1. The molecule has 4 rings (SSSR count). The zero-order valence-corrected chi connectivity index (χ0v) is 17.1. The number of esters is 1. The molecule has 7 heteroatoms. The van der Waals surface area contributed by atoms with Crippen molar-refractivity contribution in [2.24, 2.45) is 5.92 Å². The Hall–Kier alpha value is -3.06. The Bertz CT molecular complexity index is 965. The van der Waals surface area contributed by atoms with Crippen molar-refractivity contribution in [3.8, 4) is 11.5 Å². The lowest BCUT2D eigenvalue weighted by Crippen LogP contribution is -2.71. The van der Waals surface area contributed by atoms with Crippen LogP contribution in [0.1, 0.15) is 18.5 Å². The first-order valence-corrected chi connectivity index (χ1v) is 9.70. The van der Waals surface area contributed by atoms with Crippen molar-refractivity contribution < 1.29 is 19.0 Å². The van der Waals surface area contributed by atoms with Crippen LogP contribution in [0.4, 0.5) is 5.69 Å². The van der Waals surface area contributed by atoms with Gasteiger partial charge >= 0.3 is 5.97 Å². The SMILES string of the molecule is C=CCOC(=O)[C@@H]1[C@@H]2NC(=S)N(c3ccccc3)[C@]1(C)Oc1ccc(OC)cc12. The van der Waals surface area contributed by atoms with Gasteiger partial charge < -0.3 is 19.5 Å². The highest BCUT2D eigenvalue weighted by atomic mass is 32.1. The van der Waals surface area contributed by atoms with E-state index in [4.69, 9.17) is 26.4 Å². The number of nitrogens with zero attached hydrogens (tertiary/aromatic N) is 1. The number of ether oxygens (including phenoxy) is 3. The van der Waals surface area contributed by atoms with Crippen LogP contribution in [0, 0.1) is 5.92 Å². The first kappa shape index (κ1) is 19.3. The minimum absolute atomic E-state index is 0.124. The van der Waals surface area contributed by atoms with E-state index in [1.54, 1.807) is 13.2 Å². The zero-order chi connectivity index (χ0) is 20.6. The van der Waals surface area contributed by atoms with Gasteiger partial charge in [0.25, 0.3) is 0 Å². The lowest BCUT2D eigenvalue weighted by Gasteiger charge is -2.55. The fraction of sp³-hybridized carbons (Fsp3) is 0.273. The summed E-state index contributed by atoms with van der Waals surface area (Å²) in [4.78, 5) is 15.0. The Morgan fingerprint density at radius 1 is 1.34 bits per heavy atom. The summed E-state index contributed by atoms with van der Waals surface area (Å²) >= 11 is 5.69. The maximum Gasteiger partial charge on any atom is 0.317 e. The van der Waals surface area contributed by atoms with Crippen LogP contribution < -0.4 is 19.7 Å². The van der Waals surface area contributed by atoms with Crippen LogP contribution in [0.15, 0.2) is 61.2 Å². The highest BCUT2D eigenvalue weighted by molar-refractivity contribution is 7.80. The van der Waals surface area contributed by atoms with Crippen LogP contribution in [0.2, 0.25) is 0 Å². The summed E-state index contributed by atoms with van der Waals surface area (Å²) in [6, 6.07) is 14.7. The fourth-order valence-electron chi connectivity index (χ4n) is 4.05. The van der Waals surface area contributed by atoms with E-state index >= 15 is 0 Å². The fourth-order valence-corrected chi connectivity index (χ4v) is 4.46. The first-order chi connectivity index (χ1) is 14.0. The molecule has 29 heavy (non-hydrogen) atoms. The summed E-state index contributed by atoms with van der Waals surface area (Å²) < 4.78 is 17.3.